The normalized spacial score (nSPS) is 11.1. The average Bonchev–Trinajstić information content (AvgIpc) is 3.32. The summed E-state index contributed by atoms with van der Waals surface area (Å²) in [4.78, 5) is 15.3. The number of benzene rings is 1. The summed E-state index contributed by atoms with van der Waals surface area (Å²) in [5.74, 6) is -0.119. The van der Waals surface area contributed by atoms with Gasteiger partial charge in [0.25, 0.3) is 5.91 Å². The lowest BCUT2D eigenvalue weighted by atomic mass is 10.1. The van der Waals surface area contributed by atoms with Gasteiger partial charge in [-0.25, -0.2) is 0 Å². The Morgan fingerprint density at radius 1 is 1.11 bits per heavy atom. The zero-order chi connectivity index (χ0) is 19.0. The number of carbonyl (C=O) groups excluding carboxylic acids is 1. The molecule has 3 aromatic heterocycles. The first-order valence-corrected chi connectivity index (χ1v) is 10.4. The fourth-order valence-corrected chi connectivity index (χ4v) is 4.75. The van der Waals surface area contributed by atoms with Gasteiger partial charge in [0.15, 0.2) is 5.69 Å². The third-order valence-corrected chi connectivity index (χ3v) is 6.35. The van der Waals surface area contributed by atoms with Crippen molar-refractivity contribution in [2.24, 2.45) is 0 Å². The van der Waals surface area contributed by atoms with Crippen molar-refractivity contribution in [1.29, 1.82) is 0 Å². The zero-order valence-electron chi connectivity index (χ0n) is 15.4. The average molecular weight is 394 g/mol. The van der Waals surface area contributed by atoms with Crippen molar-refractivity contribution in [2.75, 3.05) is 14.1 Å². The van der Waals surface area contributed by atoms with Crippen LogP contribution in [0.2, 0.25) is 0 Å². The monoisotopic (exact) mass is 393 g/mol. The highest BCUT2D eigenvalue weighted by molar-refractivity contribution is 7.22. The molecule has 0 spiro atoms. The van der Waals surface area contributed by atoms with Crippen molar-refractivity contribution < 1.29 is 4.79 Å². The molecule has 0 unspecified atom stereocenters. The van der Waals surface area contributed by atoms with Gasteiger partial charge in [-0.2, -0.15) is 16.4 Å². The largest absolute Gasteiger partial charge is 0.343 e. The fourth-order valence-electron chi connectivity index (χ4n) is 2.92. The predicted octanol–water partition coefficient (Wildman–Crippen LogP) is 5.02. The lowest BCUT2D eigenvalue weighted by Gasteiger charge is -2.10. The number of aromatic nitrogens is 2. The lowest BCUT2D eigenvalue weighted by molar-refractivity contribution is 0.0823. The number of fused-ring (bicyclic) bond motifs is 1. The van der Waals surface area contributed by atoms with Crippen LogP contribution >= 0.6 is 22.7 Å². The molecule has 1 aromatic carbocycles. The van der Waals surface area contributed by atoms with Crippen LogP contribution in [-0.2, 0) is 6.42 Å². The van der Waals surface area contributed by atoms with Crippen LogP contribution in [0.25, 0.3) is 20.5 Å². The molecule has 3 heterocycles. The maximum Gasteiger partial charge on any atom is 0.275 e. The Morgan fingerprint density at radius 2 is 1.89 bits per heavy atom. The molecule has 4 aromatic rings. The van der Waals surface area contributed by atoms with Gasteiger partial charge in [0.1, 0.15) is 0 Å². The third kappa shape index (κ3) is 3.50. The molecule has 4 rings (SSSR count). The van der Waals surface area contributed by atoms with Crippen LogP contribution in [0.15, 0.2) is 47.2 Å². The van der Waals surface area contributed by atoms with E-state index in [1.54, 1.807) is 41.7 Å². The van der Waals surface area contributed by atoms with E-state index >= 15 is 0 Å². The van der Waals surface area contributed by atoms with Gasteiger partial charge < -0.3 is 4.90 Å². The van der Waals surface area contributed by atoms with Gasteiger partial charge in [0.05, 0.1) is 10.4 Å². The molecule has 0 saturated heterocycles. The zero-order valence-corrected chi connectivity index (χ0v) is 17.0. The lowest BCUT2D eigenvalue weighted by Crippen LogP contribution is -2.23. The second kappa shape index (κ2) is 7.21. The minimum Gasteiger partial charge on any atom is -0.343 e. The first-order chi connectivity index (χ1) is 13.0. The van der Waals surface area contributed by atoms with Crippen molar-refractivity contribution in [2.45, 2.75) is 13.3 Å². The summed E-state index contributed by atoms with van der Waals surface area (Å²) in [6.07, 6.45) is 0.716. The molecule has 0 atom stereocenters. The summed E-state index contributed by atoms with van der Waals surface area (Å²) >= 11 is 3.28. The molecule has 27 heavy (non-hydrogen) atoms. The SMILES string of the molecule is Cc1ccc(-c2cc3c(Cc4ccsc4)nnc(C(=O)N(C)C)c3s2)cc1. The Balaban J connectivity index is 1.88. The molecule has 0 aliphatic heterocycles. The van der Waals surface area contributed by atoms with Crippen LogP contribution in [0.4, 0.5) is 0 Å². The molecule has 136 valence electrons. The van der Waals surface area contributed by atoms with Gasteiger partial charge in [0, 0.05) is 30.8 Å². The van der Waals surface area contributed by atoms with Gasteiger partial charge in [-0.1, -0.05) is 29.8 Å². The molecule has 0 bridgehead atoms. The second-order valence-electron chi connectivity index (χ2n) is 6.72. The Morgan fingerprint density at radius 3 is 2.56 bits per heavy atom. The van der Waals surface area contributed by atoms with Crippen LogP contribution in [-0.4, -0.2) is 35.1 Å². The number of hydrogen-bond donors (Lipinski definition) is 0. The number of rotatable bonds is 4. The van der Waals surface area contributed by atoms with E-state index in [2.05, 4.69) is 64.3 Å². The Hall–Kier alpha value is -2.57. The number of amides is 1. The Labute approximate surface area is 166 Å². The van der Waals surface area contributed by atoms with Crippen molar-refractivity contribution in [3.63, 3.8) is 0 Å². The highest BCUT2D eigenvalue weighted by Crippen LogP contribution is 2.37. The summed E-state index contributed by atoms with van der Waals surface area (Å²) < 4.78 is 0.907. The predicted molar refractivity (Wildman–Crippen MR) is 113 cm³/mol. The molecule has 1 amide bonds. The molecule has 0 fully saturated rings. The van der Waals surface area contributed by atoms with Crippen molar-refractivity contribution in [1.82, 2.24) is 15.1 Å². The van der Waals surface area contributed by atoms with Crippen LogP contribution < -0.4 is 0 Å². The van der Waals surface area contributed by atoms with Crippen LogP contribution in [0.1, 0.15) is 27.3 Å². The Bertz CT molecular complexity index is 1100. The van der Waals surface area contributed by atoms with Crippen molar-refractivity contribution in [3.8, 4) is 10.4 Å². The standard InChI is InChI=1S/C21H19N3OS2/c1-13-4-6-15(7-5-13)18-11-16-17(10-14-8-9-26-12-14)22-23-19(20(16)27-18)21(25)24(2)3/h4-9,11-12H,10H2,1-3H3. The van der Waals surface area contributed by atoms with E-state index in [9.17, 15) is 4.79 Å². The molecular formula is C21H19N3OS2. The highest BCUT2D eigenvalue weighted by atomic mass is 32.1. The molecule has 0 aliphatic rings. The van der Waals surface area contributed by atoms with Crippen molar-refractivity contribution >= 4 is 38.7 Å². The van der Waals surface area contributed by atoms with E-state index in [0.29, 0.717) is 12.1 Å². The smallest absolute Gasteiger partial charge is 0.275 e. The third-order valence-electron chi connectivity index (χ3n) is 4.43. The first-order valence-electron chi connectivity index (χ1n) is 8.62. The number of carbonyl (C=O) groups is 1. The van der Waals surface area contributed by atoms with E-state index in [-0.39, 0.29) is 5.91 Å². The number of thiophene rings is 2. The maximum atomic E-state index is 12.6. The highest BCUT2D eigenvalue weighted by Gasteiger charge is 2.20. The first kappa shape index (κ1) is 17.8. The van der Waals surface area contributed by atoms with Crippen LogP contribution in [0, 0.1) is 6.92 Å². The molecule has 6 heteroatoms. The van der Waals surface area contributed by atoms with E-state index < -0.39 is 0 Å². The van der Waals surface area contributed by atoms with Gasteiger partial charge in [-0.3, -0.25) is 4.79 Å². The minimum atomic E-state index is -0.119. The van der Waals surface area contributed by atoms with Crippen molar-refractivity contribution in [3.05, 3.63) is 69.7 Å². The topological polar surface area (TPSA) is 46.1 Å². The molecule has 0 N–H and O–H groups in total. The van der Waals surface area contributed by atoms with Gasteiger partial charge in [0.2, 0.25) is 0 Å². The fraction of sp³-hybridized carbons (Fsp3) is 0.190. The van der Waals surface area contributed by atoms with Gasteiger partial charge >= 0.3 is 0 Å². The molecule has 0 aliphatic carbocycles. The number of nitrogens with zero attached hydrogens (tertiary/aromatic N) is 3. The van der Waals surface area contributed by atoms with Gasteiger partial charge in [-0.05, 0) is 40.9 Å². The molecule has 0 saturated carbocycles. The van der Waals surface area contributed by atoms with E-state index in [1.807, 2.05) is 0 Å². The summed E-state index contributed by atoms with van der Waals surface area (Å²) in [6, 6.07) is 12.7. The van der Waals surface area contributed by atoms with Crippen LogP contribution in [0.3, 0.4) is 0 Å². The minimum absolute atomic E-state index is 0.119. The summed E-state index contributed by atoms with van der Waals surface area (Å²) in [5.41, 5.74) is 4.92. The quantitative estimate of drug-likeness (QED) is 0.489. The van der Waals surface area contributed by atoms with E-state index in [0.717, 1.165) is 26.2 Å². The van der Waals surface area contributed by atoms with E-state index in [4.69, 9.17) is 0 Å². The maximum absolute atomic E-state index is 12.6. The van der Waals surface area contributed by atoms with Crippen LogP contribution in [0.5, 0.6) is 0 Å². The summed E-state index contributed by atoms with van der Waals surface area (Å²) in [5, 5.41) is 13.9. The molecule has 4 nitrogen and oxygen atoms in total. The number of hydrogen-bond acceptors (Lipinski definition) is 5. The Kier molecular flexibility index (Phi) is 4.76. The summed E-state index contributed by atoms with van der Waals surface area (Å²) in [7, 11) is 3.48. The number of aryl methyl sites for hydroxylation is 1. The summed E-state index contributed by atoms with van der Waals surface area (Å²) in [6.45, 7) is 2.08. The molecule has 0 radical (unpaired) electrons. The second-order valence-corrected chi connectivity index (χ2v) is 8.55. The van der Waals surface area contributed by atoms with E-state index in [1.165, 1.54) is 11.1 Å². The molecular weight excluding hydrogens is 374 g/mol. The van der Waals surface area contributed by atoms with Gasteiger partial charge in [-0.15, -0.1) is 16.4 Å².